The van der Waals surface area contributed by atoms with Crippen molar-refractivity contribution in [3.63, 3.8) is 0 Å². The van der Waals surface area contributed by atoms with Crippen molar-refractivity contribution in [2.45, 2.75) is 44.6 Å². The van der Waals surface area contributed by atoms with Gasteiger partial charge in [-0.3, -0.25) is 4.98 Å². The van der Waals surface area contributed by atoms with E-state index in [4.69, 9.17) is 15.7 Å². The van der Waals surface area contributed by atoms with Crippen molar-refractivity contribution < 1.29 is 0 Å². The molecule has 0 radical (unpaired) electrons. The molecule has 7 heteroatoms. The summed E-state index contributed by atoms with van der Waals surface area (Å²) in [5.74, 6) is 2.35. The number of fused-ring (bicyclic) bond motifs is 1. The van der Waals surface area contributed by atoms with E-state index >= 15 is 0 Å². The summed E-state index contributed by atoms with van der Waals surface area (Å²) in [5, 5.41) is 5.56. The Kier molecular flexibility index (Phi) is 6.00. The Morgan fingerprint density at radius 3 is 2.74 bits per heavy atom. The van der Waals surface area contributed by atoms with Crippen LogP contribution in [0.4, 0.5) is 5.82 Å². The van der Waals surface area contributed by atoms with Crippen molar-refractivity contribution in [1.29, 1.82) is 0 Å². The Labute approximate surface area is 172 Å². The first kappa shape index (κ1) is 18.8. The largest absolute Gasteiger partial charge is 0.367 e. The lowest BCUT2D eigenvalue weighted by Gasteiger charge is -2.24. The van der Waals surface area contributed by atoms with Gasteiger partial charge in [0.05, 0.1) is 9.17 Å². The van der Waals surface area contributed by atoms with Gasteiger partial charge < -0.3 is 11.1 Å². The molecule has 0 spiro atoms. The number of anilines is 1. The lowest BCUT2D eigenvalue weighted by atomic mass is 9.85. The van der Waals surface area contributed by atoms with Gasteiger partial charge in [0.15, 0.2) is 5.82 Å². The van der Waals surface area contributed by atoms with Gasteiger partial charge in [-0.1, -0.05) is 32.1 Å². The molecule has 1 fully saturated rings. The quantitative estimate of drug-likeness (QED) is 0.543. The molecule has 1 atom stereocenters. The molecule has 0 bridgehead atoms. The third-order valence-electron chi connectivity index (χ3n) is 5.20. The molecular formula is C20H24BrN5S. The van der Waals surface area contributed by atoms with Crippen LogP contribution in [0, 0.1) is 5.92 Å². The number of nitrogens with one attached hydrogen (secondary N) is 1. The maximum absolute atomic E-state index is 6.43. The molecular weight excluding hydrogens is 422 g/mol. The SMILES string of the molecule is N[C@H](CNc1nc(-c2ccncc2)nc2c(Br)csc12)CC1CCCCC1. The molecule has 0 aromatic carbocycles. The normalized spacial score (nSPS) is 16.5. The number of pyridine rings is 1. The Hall–Kier alpha value is -1.57. The third kappa shape index (κ3) is 4.47. The molecule has 0 unspecified atom stereocenters. The molecule has 3 aromatic heterocycles. The third-order valence-corrected chi connectivity index (χ3v) is 7.09. The summed E-state index contributed by atoms with van der Waals surface area (Å²) in [5.41, 5.74) is 8.32. The second kappa shape index (κ2) is 8.63. The molecule has 0 saturated heterocycles. The van der Waals surface area contributed by atoms with Crippen LogP contribution in [0.2, 0.25) is 0 Å². The summed E-state index contributed by atoms with van der Waals surface area (Å²) in [6.45, 7) is 0.730. The summed E-state index contributed by atoms with van der Waals surface area (Å²) >= 11 is 5.25. The number of hydrogen-bond donors (Lipinski definition) is 2. The Morgan fingerprint density at radius 2 is 1.96 bits per heavy atom. The average molecular weight is 446 g/mol. The molecule has 3 N–H and O–H groups in total. The molecule has 1 saturated carbocycles. The highest BCUT2D eigenvalue weighted by Crippen LogP contribution is 2.35. The summed E-state index contributed by atoms with van der Waals surface area (Å²) in [6, 6.07) is 4.01. The fraction of sp³-hybridized carbons (Fsp3) is 0.450. The minimum absolute atomic E-state index is 0.144. The van der Waals surface area contributed by atoms with Gasteiger partial charge in [-0.2, -0.15) is 0 Å². The monoisotopic (exact) mass is 445 g/mol. The summed E-state index contributed by atoms with van der Waals surface area (Å²) in [7, 11) is 0. The number of nitrogens with zero attached hydrogens (tertiary/aromatic N) is 3. The van der Waals surface area contributed by atoms with Gasteiger partial charge in [0.2, 0.25) is 0 Å². The predicted molar refractivity (Wildman–Crippen MR) is 116 cm³/mol. The van der Waals surface area contributed by atoms with Crippen molar-refractivity contribution in [2.24, 2.45) is 11.7 Å². The molecule has 3 aromatic rings. The van der Waals surface area contributed by atoms with E-state index < -0.39 is 0 Å². The Balaban J connectivity index is 1.53. The van der Waals surface area contributed by atoms with Crippen molar-refractivity contribution in [1.82, 2.24) is 15.0 Å². The summed E-state index contributed by atoms with van der Waals surface area (Å²) in [4.78, 5) is 13.6. The molecule has 5 nitrogen and oxygen atoms in total. The van der Waals surface area contributed by atoms with E-state index in [1.807, 2.05) is 12.1 Å². The number of halogens is 1. The maximum atomic E-state index is 6.43. The van der Waals surface area contributed by atoms with E-state index in [1.54, 1.807) is 23.7 Å². The Morgan fingerprint density at radius 1 is 1.19 bits per heavy atom. The van der Waals surface area contributed by atoms with Crippen LogP contribution in [0.15, 0.2) is 34.4 Å². The molecule has 1 aliphatic carbocycles. The summed E-state index contributed by atoms with van der Waals surface area (Å²) in [6.07, 6.45) is 11.4. The molecule has 4 rings (SSSR count). The fourth-order valence-electron chi connectivity index (χ4n) is 3.80. The fourth-order valence-corrected chi connectivity index (χ4v) is 5.33. The number of rotatable bonds is 6. The van der Waals surface area contributed by atoms with Crippen LogP contribution in [0.3, 0.4) is 0 Å². The predicted octanol–water partition coefficient (Wildman–Crippen LogP) is 5.23. The van der Waals surface area contributed by atoms with E-state index in [9.17, 15) is 0 Å². The topological polar surface area (TPSA) is 76.7 Å². The van der Waals surface area contributed by atoms with E-state index in [0.717, 1.165) is 45.0 Å². The molecule has 1 aliphatic rings. The lowest BCUT2D eigenvalue weighted by Crippen LogP contribution is -2.32. The minimum Gasteiger partial charge on any atom is -0.367 e. The number of hydrogen-bond acceptors (Lipinski definition) is 6. The van der Waals surface area contributed by atoms with Gasteiger partial charge in [-0.05, 0) is 40.4 Å². The minimum atomic E-state index is 0.144. The zero-order valence-electron chi connectivity index (χ0n) is 15.2. The second-order valence-electron chi connectivity index (χ2n) is 7.27. The smallest absolute Gasteiger partial charge is 0.162 e. The zero-order chi connectivity index (χ0) is 18.6. The van der Waals surface area contributed by atoms with E-state index in [0.29, 0.717) is 5.82 Å². The molecule has 3 heterocycles. The number of thiophene rings is 1. The van der Waals surface area contributed by atoms with Crippen LogP contribution < -0.4 is 11.1 Å². The first-order chi connectivity index (χ1) is 13.2. The highest BCUT2D eigenvalue weighted by molar-refractivity contribution is 9.10. The van der Waals surface area contributed by atoms with E-state index in [2.05, 4.69) is 31.6 Å². The number of aromatic nitrogens is 3. The van der Waals surface area contributed by atoms with Crippen LogP contribution in [0.25, 0.3) is 21.6 Å². The van der Waals surface area contributed by atoms with Gasteiger partial charge in [0.25, 0.3) is 0 Å². The molecule has 142 valence electrons. The van der Waals surface area contributed by atoms with Crippen LogP contribution in [0.1, 0.15) is 38.5 Å². The Bertz CT molecular complexity index is 892. The van der Waals surface area contributed by atoms with Gasteiger partial charge >= 0.3 is 0 Å². The standard InChI is InChI=1S/C20H24BrN5S/c21-16-12-27-18-17(16)25-19(14-6-8-23-9-7-14)26-20(18)24-11-15(22)10-13-4-2-1-3-5-13/h6-9,12-13,15H,1-5,10-11,22H2,(H,24,25,26)/t15-/m0/s1. The zero-order valence-corrected chi connectivity index (χ0v) is 17.6. The van der Waals surface area contributed by atoms with Gasteiger partial charge in [-0.15, -0.1) is 11.3 Å². The first-order valence-electron chi connectivity index (χ1n) is 9.55. The maximum Gasteiger partial charge on any atom is 0.162 e. The van der Waals surface area contributed by atoms with Crippen LogP contribution in [-0.2, 0) is 0 Å². The number of nitrogens with two attached hydrogens (primary N) is 1. The van der Waals surface area contributed by atoms with Crippen molar-refractivity contribution in [3.05, 3.63) is 34.4 Å². The lowest BCUT2D eigenvalue weighted by molar-refractivity contribution is 0.320. The highest BCUT2D eigenvalue weighted by atomic mass is 79.9. The summed E-state index contributed by atoms with van der Waals surface area (Å²) < 4.78 is 2.05. The van der Waals surface area contributed by atoms with Gasteiger partial charge in [0, 0.05) is 35.9 Å². The van der Waals surface area contributed by atoms with Gasteiger partial charge in [-0.25, -0.2) is 9.97 Å². The molecule has 0 amide bonds. The van der Waals surface area contributed by atoms with Crippen molar-refractivity contribution in [3.8, 4) is 11.4 Å². The second-order valence-corrected chi connectivity index (χ2v) is 9.01. The van der Waals surface area contributed by atoms with Crippen LogP contribution in [0.5, 0.6) is 0 Å². The van der Waals surface area contributed by atoms with Crippen molar-refractivity contribution in [2.75, 3.05) is 11.9 Å². The first-order valence-corrected chi connectivity index (χ1v) is 11.2. The molecule has 0 aliphatic heterocycles. The van der Waals surface area contributed by atoms with Crippen LogP contribution >= 0.6 is 27.3 Å². The molecule has 27 heavy (non-hydrogen) atoms. The van der Waals surface area contributed by atoms with Crippen molar-refractivity contribution >= 4 is 43.3 Å². The average Bonchev–Trinajstić information content (AvgIpc) is 3.08. The van der Waals surface area contributed by atoms with Crippen LogP contribution in [-0.4, -0.2) is 27.5 Å². The van der Waals surface area contributed by atoms with Gasteiger partial charge in [0.1, 0.15) is 11.3 Å². The highest BCUT2D eigenvalue weighted by Gasteiger charge is 2.18. The van der Waals surface area contributed by atoms with E-state index in [1.165, 1.54) is 32.1 Å². The van der Waals surface area contributed by atoms with E-state index in [-0.39, 0.29) is 6.04 Å².